The van der Waals surface area contributed by atoms with Gasteiger partial charge < -0.3 is 60.2 Å². The predicted octanol–water partition coefficient (Wildman–Crippen LogP) is 9.13. The Kier molecular flexibility index (Phi) is 22.0. The van der Waals surface area contributed by atoms with Gasteiger partial charge in [-0.2, -0.15) is 0 Å². The molecule has 6 aromatic rings. The fraction of sp³-hybridized carbons (Fsp3) is 0.311. The second-order valence-electron chi connectivity index (χ2n) is 18.0. The van der Waals surface area contributed by atoms with Crippen molar-refractivity contribution in [3.05, 3.63) is 223 Å². The number of benzene rings is 6. The molecule has 0 aliphatic heterocycles. The summed E-state index contributed by atoms with van der Waals surface area (Å²) in [4.78, 5) is 0. The molecule has 9 N–H and O–H groups in total. The summed E-state index contributed by atoms with van der Waals surface area (Å²) in [6.07, 6.45) is 12.0. The van der Waals surface area contributed by atoms with E-state index in [1.54, 1.807) is 0 Å². The van der Waals surface area contributed by atoms with Crippen LogP contribution in [0.3, 0.4) is 0 Å². The van der Waals surface area contributed by atoms with Crippen LogP contribution in [0.5, 0.6) is 17.2 Å². The molecule has 386 valence electrons. The van der Waals surface area contributed by atoms with Crippen LogP contribution in [0.1, 0.15) is 128 Å². The van der Waals surface area contributed by atoms with Gasteiger partial charge in [0.25, 0.3) is 0 Å². The number of rotatable bonds is 28. The van der Waals surface area contributed by atoms with Crippen LogP contribution < -0.4 is 14.2 Å². The molecular weight excluding hydrogens is 925 g/mol. The van der Waals surface area contributed by atoms with Crippen LogP contribution >= 0.6 is 0 Å². The van der Waals surface area contributed by atoms with Gasteiger partial charge in [-0.1, -0.05) is 103 Å². The van der Waals surface area contributed by atoms with E-state index in [2.05, 4.69) is 12.2 Å². The maximum atomic E-state index is 11.0. The van der Waals surface area contributed by atoms with Crippen LogP contribution in [0, 0.1) is 0 Å². The van der Waals surface area contributed by atoms with Gasteiger partial charge in [0.2, 0.25) is 0 Å². The van der Waals surface area contributed by atoms with Crippen molar-refractivity contribution in [2.75, 3.05) is 0 Å². The molecule has 0 aromatic heterocycles. The lowest BCUT2D eigenvalue weighted by Gasteiger charge is -2.25. The number of hydrogen-bond acceptors (Lipinski definition) is 12. The number of hydrogen-bond donors (Lipinski definition) is 9. The van der Waals surface area contributed by atoms with Crippen LogP contribution in [0.15, 0.2) is 140 Å². The highest BCUT2D eigenvalue weighted by molar-refractivity contribution is 5.71. The molecule has 12 nitrogen and oxygen atoms in total. The van der Waals surface area contributed by atoms with E-state index in [4.69, 9.17) is 14.2 Å². The Balaban J connectivity index is 1.47. The Morgan fingerprint density at radius 2 is 0.767 bits per heavy atom. The first kappa shape index (κ1) is 55.9. The molecule has 73 heavy (non-hydrogen) atoms. The van der Waals surface area contributed by atoms with Crippen molar-refractivity contribution in [1.82, 2.24) is 0 Å². The zero-order valence-corrected chi connectivity index (χ0v) is 41.8. The highest BCUT2D eigenvalue weighted by Crippen LogP contribution is 2.41. The number of aliphatic hydroxyl groups is 9. The molecule has 0 spiro atoms. The molecule has 6 aromatic carbocycles. The summed E-state index contributed by atoms with van der Waals surface area (Å²) in [5.41, 5.74) is 10.9. The molecule has 0 bridgehead atoms. The van der Waals surface area contributed by atoms with E-state index in [1.165, 1.54) is 0 Å². The number of ether oxygens (including phenoxy) is 3. The summed E-state index contributed by atoms with van der Waals surface area (Å²) in [6, 6.07) is 33.4. The monoisotopic (exact) mass is 994 g/mol. The molecule has 2 unspecified atom stereocenters. The van der Waals surface area contributed by atoms with E-state index < -0.39 is 19.1 Å². The third-order valence-electron chi connectivity index (χ3n) is 13.0. The van der Waals surface area contributed by atoms with Gasteiger partial charge in [-0.05, 0) is 131 Å². The van der Waals surface area contributed by atoms with Gasteiger partial charge in [0, 0.05) is 39.3 Å². The average Bonchev–Trinajstić information content (AvgIpc) is 3.44. The lowest BCUT2D eigenvalue weighted by molar-refractivity contribution is 0.241. The van der Waals surface area contributed by atoms with Gasteiger partial charge in [0.05, 0.1) is 59.5 Å². The highest BCUT2D eigenvalue weighted by atomic mass is 16.5. The van der Waals surface area contributed by atoms with Crippen molar-refractivity contribution >= 4 is 5.57 Å². The van der Waals surface area contributed by atoms with Crippen LogP contribution in [-0.4, -0.2) is 46.0 Å². The molecule has 0 amide bonds. The number of allylic oxidation sites excluding steroid dienone is 6. The smallest absolute Gasteiger partial charge is 0.130 e. The maximum absolute atomic E-state index is 11.0. The molecule has 0 saturated carbocycles. The Hall–Kier alpha value is -6.42. The fourth-order valence-electron chi connectivity index (χ4n) is 8.97. The number of aliphatic hydroxyl groups excluding tert-OH is 9. The minimum Gasteiger partial charge on any atom is -0.488 e. The second-order valence-corrected chi connectivity index (χ2v) is 18.0. The van der Waals surface area contributed by atoms with Crippen molar-refractivity contribution in [2.24, 2.45) is 0 Å². The van der Waals surface area contributed by atoms with Crippen molar-refractivity contribution in [2.45, 2.75) is 124 Å². The van der Waals surface area contributed by atoms with Crippen LogP contribution in [0.25, 0.3) is 5.57 Å². The molecule has 6 rings (SSSR count). The van der Waals surface area contributed by atoms with Crippen molar-refractivity contribution in [3.63, 3.8) is 0 Å². The zero-order chi connectivity index (χ0) is 52.1. The quantitative estimate of drug-likeness (QED) is 0.0211. The van der Waals surface area contributed by atoms with E-state index in [1.807, 2.05) is 141 Å². The Morgan fingerprint density at radius 1 is 0.425 bits per heavy atom. The molecule has 12 heteroatoms. The summed E-state index contributed by atoms with van der Waals surface area (Å²) in [6.45, 7) is 1.90. The molecule has 0 radical (unpaired) electrons. The van der Waals surface area contributed by atoms with E-state index in [9.17, 15) is 46.0 Å². The molecule has 0 fully saturated rings. The summed E-state index contributed by atoms with van der Waals surface area (Å²) < 4.78 is 18.9. The Bertz CT molecular complexity index is 2680. The molecule has 0 heterocycles. The van der Waals surface area contributed by atoms with Gasteiger partial charge in [-0.15, -0.1) is 0 Å². The van der Waals surface area contributed by atoms with Crippen molar-refractivity contribution in [3.8, 4) is 17.2 Å². The molecule has 2 atom stereocenters. The largest absolute Gasteiger partial charge is 0.488 e. The standard InChI is InChI=1S/C61H70O12/c1-3-5-6-8-48(50-25-55(34-67)60(56(26-50)35-68)72-39-45-17-11-42(30-63)12-18-45)22-51(52-27-57(36-69)61(58(28-52)37-70)73-40-46-19-13-43(31-64)14-20-46)21-47(7-4-2)49-23-53(32-65)59(54(24-49)33-66)71-38-44-15-9-41(29-62)10-16-44/h3-5,7,9-21,23-28,47-48,62-70H,6,8,22,29-40H2,1-2H3/b5-3-,7-4-,51-21+. The SMILES string of the molecule is C/C=C\CCC(C/C(=C\C(/C=C\C)c1cc(CO)c(OCc2ccc(CO)cc2)c(CO)c1)c1cc(CO)c(OCc2ccc(CO)cc2)c(CO)c1)c1cc(CO)c(OCc2ccc(CO)cc2)c(CO)c1. The van der Waals surface area contributed by atoms with Gasteiger partial charge in [-0.25, -0.2) is 0 Å². The molecular formula is C61H70O12. The van der Waals surface area contributed by atoms with Gasteiger partial charge >= 0.3 is 0 Å². The maximum Gasteiger partial charge on any atom is 0.130 e. The first-order valence-electron chi connectivity index (χ1n) is 24.7. The summed E-state index contributed by atoms with van der Waals surface area (Å²) in [5, 5.41) is 93.8. The summed E-state index contributed by atoms with van der Waals surface area (Å²) in [7, 11) is 0. The van der Waals surface area contributed by atoms with Gasteiger partial charge in [0.15, 0.2) is 0 Å². The van der Waals surface area contributed by atoms with Crippen LogP contribution in [0.4, 0.5) is 0 Å². The fourth-order valence-corrected chi connectivity index (χ4v) is 8.97. The van der Waals surface area contributed by atoms with Crippen molar-refractivity contribution < 1.29 is 60.2 Å². The minimum absolute atomic E-state index is 0.0797. The van der Waals surface area contributed by atoms with E-state index in [-0.39, 0.29) is 72.0 Å². The van der Waals surface area contributed by atoms with Gasteiger partial charge in [0.1, 0.15) is 37.1 Å². The molecule has 0 saturated heterocycles. The highest BCUT2D eigenvalue weighted by Gasteiger charge is 2.24. The van der Waals surface area contributed by atoms with E-state index in [0.29, 0.717) is 75.5 Å². The summed E-state index contributed by atoms with van der Waals surface area (Å²) >= 11 is 0. The van der Waals surface area contributed by atoms with E-state index in [0.717, 1.165) is 50.1 Å². The zero-order valence-electron chi connectivity index (χ0n) is 41.8. The van der Waals surface area contributed by atoms with E-state index >= 15 is 0 Å². The van der Waals surface area contributed by atoms with Crippen LogP contribution in [0.2, 0.25) is 0 Å². The lowest BCUT2D eigenvalue weighted by Crippen LogP contribution is -2.09. The third-order valence-corrected chi connectivity index (χ3v) is 13.0. The Morgan fingerprint density at radius 3 is 1.10 bits per heavy atom. The van der Waals surface area contributed by atoms with Crippen LogP contribution in [-0.2, 0) is 79.3 Å². The lowest BCUT2D eigenvalue weighted by atomic mass is 9.81. The Labute approximate surface area is 428 Å². The van der Waals surface area contributed by atoms with Crippen molar-refractivity contribution in [1.29, 1.82) is 0 Å². The average molecular weight is 995 g/mol. The first-order valence-corrected chi connectivity index (χ1v) is 24.7. The third kappa shape index (κ3) is 15.1. The molecule has 0 aliphatic carbocycles. The van der Waals surface area contributed by atoms with Gasteiger partial charge in [-0.3, -0.25) is 0 Å². The summed E-state index contributed by atoms with van der Waals surface area (Å²) in [5.74, 6) is 0.486. The topological polar surface area (TPSA) is 210 Å². The normalized spacial score (nSPS) is 12.7. The minimum atomic E-state index is -0.428. The predicted molar refractivity (Wildman–Crippen MR) is 282 cm³/mol. The molecule has 0 aliphatic rings. The second kappa shape index (κ2) is 28.7. The first-order chi connectivity index (χ1) is 35.6.